The molecule has 1 aromatic carbocycles. The predicted octanol–water partition coefficient (Wildman–Crippen LogP) is 2.02. The van der Waals surface area contributed by atoms with Crippen molar-refractivity contribution in [2.75, 3.05) is 19.0 Å². The maximum absolute atomic E-state index is 5.65. The second-order valence-corrected chi connectivity index (χ2v) is 5.85. The van der Waals surface area contributed by atoms with Gasteiger partial charge in [0.2, 0.25) is 5.16 Å². The van der Waals surface area contributed by atoms with Gasteiger partial charge in [0.15, 0.2) is 0 Å². The molecule has 1 aliphatic rings. The molecule has 1 aromatic heterocycles. The highest BCUT2D eigenvalue weighted by Crippen LogP contribution is 2.18. The Balaban J connectivity index is 1.44. The molecule has 112 valence electrons. The fourth-order valence-corrected chi connectivity index (χ4v) is 2.91. The van der Waals surface area contributed by atoms with Crippen molar-refractivity contribution in [3.8, 4) is 5.75 Å². The van der Waals surface area contributed by atoms with E-state index in [-0.39, 0.29) is 6.10 Å². The molecule has 1 saturated heterocycles. The normalized spacial score (nSPS) is 18.0. The van der Waals surface area contributed by atoms with Gasteiger partial charge in [-0.15, -0.1) is 5.10 Å². The lowest BCUT2D eigenvalue weighted by Gasteiger charge is -2.10. The second-order valence-electron chi connectivity index (χ2n) is 4.79. The Morgan fingerprint density at radius 2 is 2.24 bits per heavy atom. The van der Waals surface area contributed by atoms with Crippen LogP contribution in [-0.4, -0.2) is 45.3 Å². The van der Waals surface area contributed by atoms with Gasteiger partial charge in [-0.2, -0.15) is 0 Å². The third-order valence-electron chi connectivity index (χ3n) is 3.23. The van der Waals surface area contributed by atoms with Crippen LogP contribution in [-0.2, 0) is 11.3 Å². The number of nitrogens with zero attached hydrogens (tertiary/aromatic N) is 4. The van der Waals surface area contributed by atoms with Crippen LogP contribution < -0.4 is 4.74 Å². The molecule has 21 heavy (non-hydrogen) atoms. The van der Waals surface area contributed by atoms with Crippen molar-refractivity contribution >= 4 is 11.8 Å². The topological polar surface area (TPSA) is 62.1 Å². The van der Waals surface area contributed by atoms with Gasteiger partial charge in [0.1, 0.15) is 5.75 Å². The van der Waals surface area contributed by atoms with Gasteiger partial charge >= 0.3 is 0 Å². The number of ether oxygens (including phenoxy) is 2. The Kier molecular flexibility index (Phi) is 5.07. The lowest BCUT2D eigenvalue weighted by Crippen LogP contribution is -2.17. The summed E-state index contributed by atoms with van der Waals surface area (Å²) < 4.78 is 13.1. The van der Waals surface area contributed by atoms with E-state index in [4.69, 9.17) is 9.47 Å². The van der Waals surface area contributed by atoms with Gasteiger partial charge in [0.05, 0.1) is 19.3 Å². The van der Waals surface area contributed by atoms with Crippen molar-refractivity contribution in [1.82, 2.24) is 20.2 Å². The quantitative estimate of drug-likeness (QED) is 0.576. The minimum absolute atomic E-state index is 0.244. The molecule has 1 atom stereocenters. The molecule has 0 saturated carbocycles. The Hall–Kier alpha value is -1.60. The third-order valence-corrected chi connectivity index (χ3v) is 4.15. The second kappa shape index (κ2) is 7.42. The Morgan fingerprint density at radius 1 is 1.33 bits per heavy atom. The van der Waals surface area contributed by atoms with E-state index in [0.717, 1.165) is 42.7 Å². The zero-order valence-corrected chi connectivity index (χ0v) is 12.5. The maximum atomic E-state index is 5.65. The first-order valence-electron chi connectivity index (χ1n) is 7.10. The number of hydrogen-bond donors (Lipinski definition) is 0. The van der Waals surface area contributed by atoms with Gasteiger partial charge in [0, 0.05) is 12.4 Å². The Morgan fingerprint density at radius 3 is 3.05 bits per heavy atom. The summed E-state index contributed by atoms with van der Waals surface area (Å²) in [5.41, 5.74) is 0. The van der Waals surface area contributed by atoms with Crippen LogP contribution in [0.25, 0.3) is 0 Å². The zero-order chi connectivity index (χ0) is 14.3. The third kappa shape index (κ3) is 4.18. The zero-order valence-electron chi connectivity index (χ0n) is 11.7. The van der Waals surface area contributed by atoms with Crippen LogP contribution in [0.4, 0.5) is 0 Å². The van der Waals surface area contributed by atoms with Crippen molar-refractivity contribution in [2.24, 2.45) is 0 Å². The number of tetrazole rings is 1. The van der Waals surface area contributed by atoms with Crippen LogP contribution in [0.5, 0.6) is 5.75 Å². The first-order valence-corrected chi connectivity index (χ1v) is 8.09. The summed E-state index contributed by atoms with van der Waals surface area (Å²) in [4.78, 5) is 0. The molecule has 0 N–H and O–H groups in total. The first kappa shape index (κ1) is 14.3. The van der Waals surface area contributed by atoms with Crippen molar-refractivity contribution in [1.29, 1.82) is 0 Å². The minimum atomic E-state index is 0.244. The van der Waals surface area contributed by atoms with E-state index in [1.807, 2.05) is 35.0 Å². The van der Waals surface area contributed by atoms with Crippen molar-refractivity contribution < 1.29 is 9.47 Å². The highest BCUT2D eigenvalue weighted by Gasteiger charge is 2.18. The summed E-state index contributed by atoms with van der Waals surface area (Å²) >= 11 is 1.60. The van der Waals surface area contributed by atoms with Gasteiger partial charge in [-0.1, -0.05) is 30.0 Å². The molecule has 0 amide bonds. The predicted molar refractivity (Wildman–Crippen MR) is 79.5 cm³/mol. The number of para-hydroxylation sites is 1. The molecule has 0 spiro atoms. The Labute approximate surface area is 127 Å². The lowest BCUT2D eigenvalue weighted by molar-refractivity contribution is 0.0912. The summed E-state index contributed by atoms with van der Waals surface area (Å²) in [5.74, 6) is 1.69. The molecule has 6 nitrogen and oxygen atoms in total. The van der Waals surface area contributed by atoms with Crippen LogP contribution in [0, 0.1) is 0 Å². The molecule has 0 aliphatic carbocycles. The van der Waals surface area contributed by atoms with Gasteiger partial charge in [-0.25, -0.2) is 4.68 Å². The number of benzene rings is 1. The molecule has 1 unspecified atom stereocenters. The van der Waals surface area contributed by atoms with Gasteiger partial charge < -0.3 is 9.47 Å². The highest BCUT2D eigenvalue weighted by atomic mass is 32.2. The monoisotopic (exact) mass is 306 g/mol. The van der Waals surface area contributed by atoms with Crippen LogP contribution in [0.2, 0.25) is 0 Å². The summed E-state index contributed by atoms with van der Waals surface area (Å²) in [6.07, 6.45) is 2.45. The minimum Gasteiger partial charge on any atom is -0.493 e. The van der Waals surface area contributed by atoms with Gasteiger partial charge in [-0.3, -0.25) is 0 Å². The standard InChI is InChI=1S/C14H18N4O2S/c1-2-5-12(6-3-1)20-9-10-21-14-15-16-17-18(14)11-13-7-4-8-19-13/h1-3,5-6,13H,4,7-11H2. The molecule has 3 rings (SSSR count). The fourth-order valence-electron chi connectivity index (χ4n) is 2.20. The fraction of sp³-hybridized carbons (Fsp3) is 0.500. The van der Waals surface area contributed by atoms with Crippen LogP contribution in [0.15, 0.2) is 35.5 Å². The van der Waals surface area contributed by atoms with Crippen LogP contribution >= 0.6 is 11.8 Å². The molecule has 0 bridgehead atoms. The number of thioether (sulfide) groups is 1. The van der Waals surface area contributed by atoms with E-state index in [9.17, 15) is 0 Å². The summed E-state index contributed by atoms with van der Waals surface area (Å²) in [6.45, 7) is 2.20. The molecule has 1 aliphatic heterocycles. The summed E-state index contributed by atoms with van der Waals surface area (Å²) in [7, 11) is 0. The SMILES string of the molecule is c1ccc(OCCSc2nnnn2CC2CCCO2)cc1. The van der Waals surface area contributed by atoms with Crippen molar-refractivity contribution in [3.05, 3.63) is 30.3 Å². The van der Waals surface area contributed by atoms with Crippen molar-refractivity contribution in [3.63, 3.8) is 0 Å². The van der Waals surface area contributed by atoms with E-state index in [1.165, 1.54) is 0 Å². The number of rotatable bonds is 7. The average Bonchev–Trinajstić information content (AvgIpc) is 3.18. The molecule has 2 aromatic rings. The summed E-state index contributed by atoms with van der Waals surface area (Å²) in [5, 5.41) is 12.7. The molecule has 7 heteroatoms. The average molecular weight is 306 g/mol. The van der Waals surface area contributed by atoms with E-state index in [2.05, 4.69) is 15.5 Å². The van der Waals surface area contributed by atoms with E-state index < -0.39 is 0 Å². The van der Waals surface area contributed by atoms with Crippen LogP contribution in [0.1, 0.15) is 12.8 Å². The molecular weight excluding hydrogens is 288 g/mol. The molecule has 2 heterocycles. The molecule has 0 radical (unpaired) electrons. The Bertz CT molecular complexity index is 543. The maximum Gasteiger partial charge on any atom is 0.209 e. The number of hydrogen-bond acceptors (Lipinski definition) is 6. The molecule has 1 fully saturated rings. The first-order chi connectivity index (χ1) is 10.4. The molecular formula is C14H18N4O2S. The van der Waals surface area contributed by atoms with Gasteiger partial charge in [-0.05, 0) is 35.4 Å². The van der Waals surface area contributed by atoms with Crippen LogP contribution in [0.3, 0.4) is 0 Å². The van der Waals surface area contributed by atoms with Gasteiger partial charge in [0.25, 0.3) is 0 Å². The highest BCUT2D eigenvalue weighted by molar-refractivity contribution is 7.99. The largest absolute Gasteiger partial charge is 0.493 e. The summed E-state index contributed by atoms with van der Waals surface area (Å²) in [6, 6.07) is 9.80. The number of aromatic nitrogens is 4. The van der Waals surface area contributed by atoms with E-state index in [1.54, 1.807) is 11.8 Å². The van der Waals surface area contributed by atoms with Crippen molar-refractivity contribution in [2.45, 2.75) is 30.6 Å². The van der Waals surface area contributed by atoms with E-state index >= 15 is 0 Å². The van der Waals surface area contributed by atoms with E-state index in [0.29, 0.717) is 6.61 Å². The lowest BCUT2D eigenvalue weighted by atomic mass is 10.2. The smallest absolute Gasteiger partial charge is 0.209 e.